The standard InChI is InChI=1S/C12H21N3/c1-9-3-5-10(6-4-9)11(13)12-14-7-8-15(12)2/h7-11H,3-6,13H2,1-2H3. The third-order valence-electron chi connectivity index (χ3n) is 3.72. The second-order valence-electron chi connectivity index (χ2n) is 4.94. The molecule has 15 heavy (non-hydrogen) atoms. The maximum atomic E-state index is 6.28. The fraction of sp³-hybridized carbons (Fsp3) is 0.750. The quantitative estimate of drug-likeness (QED) is 0.808. The minimum atomic E-state index is 0.123. The Labute approximate surface area is 91.7 Å². The molecule has 1 aliphatic rings. The van der Waals surface area contributed by atoms with E-state index in [0.29, 0.717) is 5.92 Å². The lowest BCUT2D eigenvalue weighted by Crippen LogP contribution is -2.27. The van der Waals surface area contributed by atoms with E-state index in [-0.39, 0.29) is 6.04 Å². The van der Waals surface area contributed by atoms with Crippen molar-refractivity contribution in [2.75, 3.05) is 0 Å². The highest BCUT2D eigenvalue weighted by molar-refractivity contribution is 5.00. The summed E-state index contributed by atoms with van der Waals surface area (Å²) in [5.74, 6) is 2.55. The fourth-order valence-electron chi connectivity index (χ4n) is 2.55. The number of nitrogens with two attached hydrogens (primary N) is 1. The van der Waals surface area contributed by atoms with Gasteiger partial charge in [0.2, 0.25) is 0 Å². The van der Waals surface area contributed by atoms with Gasteiger partial charge < -0.3 is 10.3 Å². The Morgan fingerprint density at radius 1 is 1.40 bits per heavy atom. The summed E-state index contributed by atoms with van der Waals surface area (Å²) in [5, 5.41) is 0. The zero-order chi connectivity index (χ0) is 10.8. The molecule has 1 unspecified atom stereocenters. The first-order valence-electron chi connectivity index (χ1n) is 5.91. The third-order valence-corrected chi connectivity index (χ3v) is 3.72. The van der Waals surface area contributed by atoms with Gasteiger partial charge in [-0.25, -0.2) is 4.98 Å². The molecule has 1 aromatic rings. The normalized spacial score (nSPS) is 29.0. The molecule has 1 fully saturated rings. The van der Waals surface area contributed by atoms with E-state index in [4.69, 9.17) is 5.73 Å². The van der Waals surface area contributed by atoms with E-state index in [9.17, 15) is 0 Å². The van der Waals surface area contributed by atoms with Crippen LogP contribution in [-0.4, -0.2) is 9.55 Å². The van der Waals surface area contributed by atoms with Crippen LogP contribution in [0.5, 0.6) is 0 Å². The summed E-state index contributed by atoms with van der Waals surface area (Å²) in [6, 6.07) is 0.123. The van der Waals surface area contributed by atoms with Crippen LogP contribution in [0.4, 0.5) is 0 Å². The number of aromatic nitrogens is 2. The van der Waals surface area contributed by atoms with Gasteiger partial charge in [-0.15, -0.1) is 0 Å². The highest BCUT2D eigenvalue weighted by Crippen LogP contribution is 2.34. The minimum Gasteiger partial charge on any atom is -0.337 e. The van der Waals surface area contributed by atoms with Crippen molar-refractivity contribution >= 4 is 0 Å². The number of hydrogen-bond acceptors (Lipinski definition) is 2. The molecule has 1 aliphatic carbocycles. The predicted molar refractivity (Wildman–Crippen MR) is 61.3 cm³/mol. The van der Waals surface area contributed by atoms with Crippen LogP contribution in [0.2, 0.25) is 0 Å². The van der Waals surface area contributed by atoms with E-state index in [1.54, 1.807) is 0 Å². The summed E-state index contributed by atoms with van der Waals surface area (Å²) in [6.45, 7) is 2.34. The molecule has 1 saturated carbocycles. The third kappa shape index (κ3) is 2.23. The van der Waals surface area contributed by atoms with E-state index < -0.39 is 0 Å². The van der Waals surface area contributed by atoms with Crippen molar-refractivity contribution in [1.29, 1.82) is 0 Å². The molecule has 0 saturated heterocycles. The first kappa shape index (κ1) is 10.7. The zero-order valence-electron chi connectivity index (χ0n) is 9.69. The first-order chi connectivity index (χ1) is 7.18. The monoisotopic (exact) mass is 207 g/mol. The van der Waals surface area contributed by atoms with Crippen LogP contribution < -0.4 is 5.73 Å². The molecule has 84 valence electrons. The molecule has 1 heterocycles. The van der Waals surface area contributed by atoms with Crippen LogP contribution in [-0.2, 0) is 7.05 Å². The second-order valence-corrected chi connectivity index (χ2v) is 4.94. The fourth-order valence-corrected chi connectivity index (χ4v) is 2.55. The number of aryl methyl sites for hydroxylation is 1. The predicted octanol–water partition coefficient (Wildman–Crippen LogP) is 2.25. The van der Waals surface area contributed by atoms with Gasteiger partial charge in [0.1, 0.15) is 5.82 Å². The van der Waals surface area contributed by atoms with Gasteiger partial charge in [0.25, 0.3) is 0 Å². The molecule has 0 aromatic carbocycles. The number of rotatable bonds is 2. The van der Waals surface area contributed by atoms with Crippen molar-refractivity contribution < 1.29 is 0 Å². The van der Waals surface area contributed by atoms with Crippen LogP contribution in [0.25, 0.3) is 0 Å². The average Bonchev–Trinajstić information content (AvgIpc) is 2.65. The lowest BCUT2D eigenvalue weighted by atomic mass is 9.79. The van der Waals surface area contributed by atoms with Gasteiger partial charge in [0, 0.05) is 19.4 Å². The van der Waals surface area contributed by atoms with E-state index in [0.717, 1.165) is 11.7 Å². The van der Waals surface area contributed by atoms with Crippen molar-refractivity contribution in [2.24, 2.45) is 24.6 Å². The molecule has 2 rings (SSSR count). The molecule has 1 atom stereocenters. The van der Waals surface area contributed by atoms with E-state index in [1.807, 2.05) is 24.0 Å². The Hall–Kier alpha value is -0.830. The highest BCUT2D eigenvalue weighted by Gasteiger charge is 2.26. The SMILES string of the molecule is CC1CCC(C(N)c2nccn2C)CC1. The zero-order valence-corrected chi connectivity index (χ0v) is 9.69. The summed E-state index contributed by atoms with van der Waals surface area (Å²) >= 11 is 0. The van der Waals surface area contributed by atoms with Gasteiger partial charge in [-0.05, 0) is 24.7 Å². The Morgan fingerprint density at radius 3 is 2.60 bits per heavy atom. The van der Waals surface area contributed by atoms with Gasteiger partial charge in [0.15, 0.2) is 0 Å². The number of nitrogens with zero attached hydrogens (tertiary/aromatic N) is 2. The first-order valence-corrected chi connectivity index (χ1v) is 5.91. The molecular weight excluding hydrogens is 186 g/mol. The molecule has 0 bridgehead atoms. The van der Waals surface area contributed by atoms with Crippen molar-refractivity contribution in [3.05, 3.63) is 18.2 Å². The molecule has 3 heteroatoms. The van der Waals surface area contributed by atoms with Crippen molar-refractivity contribution in [3.8, 4) is 0 Å². The molecular formula is C12H21N3. The van der Waals surface area contributed by atoms with Crippen LogP contribution in [0.1, 0.15) is 44.5 Å². The van der Waals surface area contributed by atoms with Gasteiger partial charge >= 0.3 is 0 Å². The summed E-state index contributed by atoms with van der Waals surface area (Å²) in [6.07, 6.45) is 8.97. The van der Waals surface area contributed by atoms with Crippen LogP contribution in [0, 0.1) is 11.8 Å². The van der Waals surface area contributed by atoms with E-state index >= 15 is 0 Å². The molecule has 1 aromatic heterocycles. The minimum absolute atomic E-state index is 0.123. The summed E-state index contributed by atoms with van der Waals surface area (Å²) in [4.78, 5) is 4.35. The molecule has 0 spiro atoms. The Balaban J connectivity index is 2.02. The lowest BCUT2D eigenvalue weighted by molar-refractivity contribution is 0.249. The van der Waals surface area contributed by atoms with Crippen LogP contribution >= 0.6 is 0 Å². The van der Waals surface area contributed by atoms with Crippen molar-refractivity contribution in [2.45, 2.75) is 38.6 Å². The summed E-state index contributed by atoms with van der Waals surface area (Å²) < 4.78 is 2.04. The maximum Gasteiger partial charge on any atom is 0.125 e. The van der Waals surface area contributed by atoms with Gasteiger partial charge in [0.05, 0.1) is 6.04 Å². The summed E-state index contributed by atoms with van der Waals surface area (Å²) in [5.41, 5.74) is 6.28. The Bertz CT molecular complexity index is 310. The topological polar surface area (TPSA) is 43.8 Å². The number of imidazole rings is 1. The molecule has 0 radical (unpaired) electrons. The molecule has 0 amide bonds. The van der Waals surface area contributed by atoms with Gasteiger partial charge in [-0.1, -0.05) is 19.8 Å². The largest absolute Gasteiger partial charge is 0.337 e. The van der Waals surface area contributed by atoms with E-state index in [2.05, 4.69) is 11.9 Å². The Kier molecular flexibility index (Phi) is 3.10. The van der Waals surface area contributed by atoms with Crippen LogP contribution in [0.3, 0.4) is 0 Å². The van der Waals surface area contributed by atoms with Crippen LogP contribution in [0.15, 0.2) is 12.4 Å². The number of hydrogen-bond donors (Lipinski definition) is 1. The smallest absolute Gasteiger partial charge is 0.125 e. The maximum absolute atomic E-state index is 6.28. The van der Waals surface area contributed by atoms with Crippen molar-refractivity contribution in [1.82, 2.24) is 9.55 Å². The molecule has 3 nitrogen and oxygen atoms in total. The molecule has 0 aliphatic heterocycles. The Morgan fingerprint density at radius 2 is 2.07 bits per heavy atom. The second kappa shape index (κ2) is 4.35. The highest BCUT2D eigenvalue weighted by atomic mass is 15.1. The van der Waals surface area contributed by atoms with Crippen molar-refractivity contribution in [3.63, 3.8) is 0 Å². The van der Waals surface area contributed by atoms with Gasteiger partial charge in [-0.2, -0.15) is 0 Å². The van der Waals surface area contributed by atoms with E-state index in [1.165, 1.54) is 25.7 Å². The average molecular weight is 207 g/mol. The molecule has 2 N–H and O–H groups in total. The van der Waals surface area contributed by atoms with Gasteiger partial charge in [-0.3, -0.25) is 0 Å². The summed E-state index contributed by atoms with van der Waals surface area (Å²) in [7, 11) is 2.02. The lowest BCUT2D eigenvalue weighted by Gasteiger charge is -2.30.